The summed E-state index contributed by atoms with van der Waals surface area (Å²) in [6.07, 6.45) is 0.981. The van der Waals surface area contributed by atoms with Crippen molar-refractivity contribution in [3.63, 3.8) is 0 Å². The summed E-state index contributed by atoms with van der Waals surface area (Å²) in [5, 5.41) is 0. The van der Waals surface area contributed by atoms with Crippen LogP contribution in [0.15, 0.2) is 41.3 Å². The zero-order chi connectivity index (χ0) is 17.3. The molecule has 0 atom stereocenters. The van der Waals surface area contributed by atoms with Crippen molar-refractivity contribution in [3.05, 3.63) is 42.0 Å². The molecule has 2 aromatic carbocycles. The van der Waals surface area contributed by atoms with E-state index in [4.69, 9.17) is 9.47 Å². The Morgan fingerprint density at radius 1 is 1.04 bits per heavy atom. The van der Waals surface area contributed by atoms with Crippen LogP contribution in [0.2, 0.25) is 0 Å². The highest BCUT2D eigenvalue weighted by Gasteiger charge is 2.20. The molecule has 0 fully saturated rings. The lowest BCUT2D eigenvalue weighted by Crippen LogP contribution is -2.15. The minimum absolute atomic E-state index is 0.119. The molecule has 1 aliphatic rings. The Kier molecular flexibility index (Phi) is 4.28. The lowest BCUT2D eigenvalue weighted by Gasteiger charge is -2.15. The highest BCUT2D eigenvalue weighted by atomic mass is 32.2. The van der Waals surface area contributed by atoms with Crippen LogP contribution >= 0.6 is 0 Å². The van der Waals surface area contributed by atoms with Gasteiger partial charge in [0.15, 0.2) is 11.5 Å². The van der Waals surface area contributed by atoms with E-state index in [1.807, 2.05) is 19.2 Å². The third-order valence-corrected chi connectivity index (χ3v) is 5.51. The van der Waals surface area contributed by atoms with Crippen LogP contribution in [0.25, 0.3) is 0 Å². The first-order valence-electron chi connectivity index (χ1n) is 7.53. The van der Waals surface area contributed by atoms with Gasteiger partial charge < -0.3 is 14.4 Å². The minimum Gasteiger partial charge on any atom is -0.493 e. The van der Waals surface area contributed by atoms with E-state index in [0.717, 1.165) is 18.7 Å². The maximum Gasteiger partial charge on any atom is 0.262 e. The maximum absolute atomic E-state index is 12.6. The second-order valence-corrected chi connectivity index (χ2v) is 7.32. The molecule has 128 valence electrons. The quantitative estimate of drug-likeness (QED) is 0.899. The van der Waals surface area contributed by atoms with Gasteiger partial charge in [-0.15, -0.1) is 0 Å². The minimum atomic E-state index is -3.71. The van der Waals surface area contributed by atoms with Crippen molar-refractivity contribution >= 4 is 21.4 Å². The molecule has 0 saturated carbocycles. The smallest absolute Gasteiger partial charge is 0.262 e. The average molecular weight is 348 g/mol. The first-order valence-corrected chi connectivity index (χ1v) is 9.02. The van der Waals surface area contributed by atoms with Crippen molar-refractivity contribution < 1.29 is 17.9 Å². The molecular formula is C17H20N2O4S. The maximum atomic E-state index is 12.6. The van der Waals surface area contributed by atoms with E-state index in [2.05, 4.69) is 9.62 Å². The largest absolute Gasteiger partial charge is 0.493 e. The first-order chi connectivity index (χ1) is 11.4. The Morgan fingerprint density at radius 2 is 1.79 bits per heavy atom. The number of ether oxygens (including phenoxy) is 2. The fraction of sp³-hybridized carbons (Fsp3) is 0.294. The van der Waals surface area contributed by atoms with Crippen molar-refractivity contribution in [3.8, 4) is 11.5 Å². The van der Waals surface area contributed by atoms with Gasteiger partial charge in [0.05, 0.1) is 24.8 Å². The number of anilines is 2. The molecule has 0 radical (unpaired) electrons. The fourth-order valence-electron chi connectivity index (χ4n) is 2.80. The molecule has 24 heavy (non-hydrogen) atoms. The van der Waals surface area contributed by atoms with E-state index in [9.17, 15) is 8.42 Å². The molecular weight excluding hydrogens is 328 g/mol. The molecule has 3 rings (SSSR count). The Hall–Kier alpha value is -2.41. The third-order valence-electron chi connectivity index (χ3n) is 4.13. The summed E-state index contributed by atoms with van der Waals surface area (Å²) >= 11 is 0. The summed E-state index contributed by atoms with van der Waals surface area (Å²) in [6, 6.07) is 10.1. The van der Waals surface area contributed by atoms with Gasteiger partial charge in [-0.05, 0) is 36.2 Å². The topological polar surface area (TPSA) is 67.9 Å². The Morgan fingerprint density at radius 3 is 2.50 bits per heavy atom. The van der Waals surface area contributed by atoms with Crippen LogP contribution in [0, 0.1) is 0 Å². The number of methoxy groups -OCH3 is 2. The molecule has 7 heteroatoms. The number of hydrogen-bond acceptors (Lipinski definition) is 5. The van der Waals surface area contributed by atoms with Gasteiger partial charge in [0.1, 0.15) is 0 Å². The van der Waals surface area contributed by atoms with Gasteiger partial charge in [0.2, 0.25) is 0 Å². The monoisotopic (exact) mass is 348 g/mol. The van der Waals surface area contributed by atoms with Crippen LogP contribution in [0.5, 0.6) is 11.5 Å². The second kappa shape index (κ2) is 6.24. The standard InChI is InChI=1S/C17H20N2O4S/c1-19-9-8-12-4-5-13(10-15(12)19)18-24(20,21)14-6-7-16(22-2)17(11-14)23-3/h4-7,10-11,18H,8-9H2,1-3H3. The summed E-state index contributed by atoms with van der Waals surface area (Å²) in [7, 11) is 1.26. The van der Waals surface area contributed by atoms with Crippen LogP contribution in [-0.2, 0) is 16.4 Å². The van der Waals surface area contributed by atoms with Gasteiger partial charge in [0.25, 0.3) is 10.0 Å². The number of fused-ring (bicyclic) bond motifs is 1. The van der Waals surface area contributed by atoms with E-state index in [-0.39, 0.29) is 4.90 Å². The highest BCUT2D eigenvalue weighted by Crippen LogP contribution is 2.32. The zero-order valence-corrected chi connectivity index (χ0v) is 14.7. The van der Waals surface area contributed by atoms with Crippen molar-refractivity contribution in [2.75, 3.05) is 37.4 Å². The highest BCUT2D eigenvalue weighted by molar-refractivity contribution is 7.92. The van der Waals surface area contributed by atoms with E-state index >= 15 is 0 Å². The van der Waals surface area contributed by atoms with E-state index in [1.165, 1.54) is 31.9 Å². The van der Waals surface area contributed by atoms with E-state index < -0.39 is 10.0 Å². The second-order valence-electron chi connectivity index (χ2n) is 5.64. The van der Waals surface area contributed by atoms with Crippen molar-refractivity contribution in [2.45, 2.75) is 11.3 Å². The van der Waals surface area contributed by atoms with Gasteiger partial charge in [-0.1, -0.05) is 6.07 Å². The van der Waals surface area contributed by atoms with Crippen LogP contribution in [0.1, 0.15) is 5.56 Å². The third kappa shape index (κ3) is 2.99. The number of sulfonamides is 1. The first kappa shape index (κ1) is 16.4. The van der Waals surface area contributed by atoms with Crippen LogP contribution < -0.4 is 19.1 Å². The van der Waals surface area contributed by atoms with Crippen molar-refractivity contribution in [2.24, 2.45) is 0 Å². The number of rotatable bonds is 5. The van der Waals surface area contributed by atoms with Gasteiger partial charge in [-0.2, -0.15) is 0 Å². The number of nitrogens with zero attached hydrogens (tertiary/aromatic N) is 1. The van der Waals surface area contributed by atoms with E-state index in [1.54, 1.807) is 12.1 Å². The molecule has 0 aliphatic carbocycles. The van der Waals surface area contributed by atoms with Gasteiger partial charge in [0, 0.05) is 25.3 Å². The molecule has 6 nitrogen and oxygen atoms in total. The Bertz CT molecular complexity index is 865. The lowest BCUT2D eigenvalue weighted by atomic mass is 10.1. The zero-order valence-electron chi connectivity index (χ0n) is 13.9. The molecule has 0 spiro atoms. The lowest BCUT2D eigenvalue weighted by molar-refractivity contribution is 0.354. The molecule has 1 N–H and O–H groups in total. The summed E-state index contributed by atoms with van der Waals surface area (Å²) in [5.41, 5.74) is 2.83. The molecule has 1 heterocycles. The van der Waals surface area contributed by atoms with Crippen molar-refractivity contribution in [1.29, 1.82) is 0 Å². The molecule has 1 aliphatic heterocycles. The Labute approximate surface area is 142 Å². The summed E-state index contributed by atoms with van der Waals surface area (Å²) in [5.74, 6) is 0.852. The molecule has 0 unspecified atom stereocenters. The molecule has 0 saturated heterocycles. The molecule has 0 amide bonds. The normalized spacial score (nSPS) is 13.5. The van der Waals surface area contributed by atoms with Gasteiger partial charge in [-0.25, -0.2) is 8.42 Å². The Balaban J connectivity index is 1.91. The number of hydrogen-bond donors (Lipinski definition) is 1. The average Bonchev–Trinajstić information content (AvgIpc) is 2.94. The molecule has 2 aromatic rings. The number of nitrogens with one attached hydrogen (secondary N) is 1. The van der Waals surface area contributed by atoms with Crippen molar-refractivity contribution in [1.82, 2.24) is 0 Å². The van der Waals surface area contributed by atoms with Crippen LogP contribution in [0.4, 0.5) is 11.4 Å². The summed E-state index contributed by atoms with van der Waals surface area (Å²) in [6.45, 7) is 0.946. The molecule has 0 bridgehead atoms. The fourth-order valence-corrected chi connectivity index (χ4v) is 3.86. The predicted octanol–water partition coefficient (Wildman–Crippen LogP) is 2.50. The predicted molar refractivity (Wildman–Crippen MR) is 93.8 cm³/mol. The van der Waals surface area contributed by atoms with Crippen LogP contribution in [-0.4, -0.2) is 36.2 Å². The number of likely N-dealkylation sites (N-methyl/N-ethyl adjacent to an activating group) is 1. The van der Waals surface area contributed by atoms with Gasteiger partial charge in [-0.3, -0.25) is 4.72 Å². The molecule has 0 aromatic heterocycles. The van der Waals surface area contributed by atoms with E-state index in [0.29, 0.717) is 17.2 Å². The summed E-state index contributed by atoms with van der Waals surface area (Å²) in [4.78, 5) is 2.23. The van der Waals surface area contributed by atoms with Crippen LogP contribution in [0.3, 0.4) is 0 Å². The van der Waals surface area contributed by atoms with Gasteiger partial charge >= 0.3 is 0 Å². The number of benzene rings is 2. The summed E-state index contributed by atoms with van der Waals surface area (Å²) < 4.78 is 38.2. The SMILES string of the molecule is COc1ccc(S(=O)(=O)Nc2ccc3c(c2)N(C)CC3)cc1OC.